The number of aromatic hydroxyl groups is 1. The molecule has 0 aliphatic carbocycles. The molecule has 0 spiro atoms. The minimum absolute atomic E-state index is 0.153. The number of fused-ring (bicyclic) bond motifs is 5. The highest BCUT2D eigenvalue weighted by Gasteiger charge is 2.50. The highest BCUT2D eigenvalue weighted by molar-refractivity contribution is 5.90. The first kappa shape index (κ1) is 25.0. The van der Waals surface area contributed by atoms with Crippen molar-refractivity contribution >= 4 is 22.8 Å². The van der Waals surface area contributed by atoms with Crippen molar-refractivity contribution in [2.75, 3.05) is 0 Å². The number of esters is 2. The first-order valence-corrected chi connectivity index (χ1v) is 13.2. The summed E-state index contributed by atoms with van der Waals surface area (Å²) in [7, 11) is 0. The summed E-state index contributed by atoms with van der Waals surface area (Å²) in [4.78, 5) is 44.5. The molecule has 1 atom stereocenters. The molecule has 0 radical (unpaired) electrons. The van der Waals surface area contributed by atoms with Crippen LogP contribution in [0.1, 0.15) is 81.5 Å². The van der Waals surface area contributed by atoms with Crippen molar-refractivity contribution in [1.82, 2.24) is 9.55 Å². The van der Waals surface area contributed by atoms with Gasteiger partial charge in [-0.2, -0.15) is 0 Å². The zero-order chi connectivity index (χ0) is 26.3. The van der Waals surface area contributed by atoms with Gasteiger partial charge in [0, 0.05) is 22.9 Å². The van der Waals surface area contributed by atoms with Gasteiger partial charge in [0.2, 0.25) is 5.60 Å². The lowest BCUT2D eigenvalue weighted by atomic mass is 9.85. The van der Waals surface area contributed by atoms with Gasteiger partial charge in [-0.25, -0.2) is 9.78 Å². The van der Waals surface area contributed by atoms with E-state index in [2.05, 4.69) is 6.92 Å². The number of rotatable bonds is 8. The number of pyridine rings is 2. The third kappa shape index (κ3) is 3.99. The average molecular weight is 505 g/mol. The van der Waals surface area contributed by atoms with Gasteiger partial charge < -0.3 is 19.1 Å². The highest BCUT2D eigenvalue weighted by Crippen LogP contribution is 2.42. The molecule has 8 heteroatoms. The fraction of sp³-hybridized carbons (Fsp3) is 0.448. The normalized spacial score (nSPS) is 17.8. The lowest BCUT2D eigenvalue weighted by Crippen LogP contribution is -2.47. The molecular formula is C29H32N2O6. The van der Waals surface area contributed by atoms with E-state index in [0.29, 0.717) is 47.4 Å². The second kappa shape index (κ2) is 9.65. The monoisotopic (exact) mass is 504 g/mol. The van der Waals surface area contributed by atoms with Gasteiger partial charge in [0.1, 0.15) is 12.4 Å². The molecule has 1 N–H and O–H groups in total. The molecule has 2 aliphatic rings. The van der Waals surface area contributed by atoms with Crippen LogP contribution in [-0.4, -0.2) is 26.6 Å². The standard InChI is InChI=1S/C29H32N2O6/c1-4-7-8-9-10-25(33)37-29(6-3)22-14-24-26-20(15-31(24)27(34)21(22)16-36-28(29)35)18(5-2)19-13-17(32)11-12-23(19)30-26/h11-14,32H,4-10,15-16H2,1-3H3/t29-/m0/s1. The number of aryl methyl sites for hydroxylation is 1. The molecule has 1 aromatic carbocycles. The molecule has 0 amide bonds. The minimum atomic E-state index is -1.66. The maximum absolute atomic E-state index is 13.7. The predicted octanol–water partition coefficient (Wildman–Crippen LogP) is 4.87. The number of ether oxygens (including phenoxy) is 2. The zero-order valence-corrected chi connectivity index (χ0v) is 21.6. The summed E-state index contributed by atoms with van der Waals surface area (Å²) in [6.07, 6.45) is 4.73. The van der Waals surface area contributed by atoms with E-state index in [0.717, 1.165) is 35.8 Å². The Morgan fingerprint density at radius 1 is 1.14 bits per heavy atom. The number of hydrogen-bond donors (Lipinski definition) is 1. The summed E-state index contributed by atoms with van der Waals surface area (Å²) in [5.41, 5.74) is 2.70. The SMILES string of the molecule is CCCCCCC(=O)O[C@]1(CC)C(=O)OCc2c1cc1n(c2=O)Cc2c-1nc1ccc(O)cc1c2CC. The Balaban J connectivity index is 1.64. The Hall–Kier alpha value is -3.68. The summed E-state index contributed by atoms with van der Waals surface area (Å²) in [6, 6.07) is 6.84. The molecular weight excluding hydrogens is 472 g/mol. The fourth-order valence-corrected chi connectivity index (χ4v) is 5.65. The van der Waals surface area contributed by atoms with Crippen molar-refractivity contribution in [1.29, 1.82) is 0 Å². The van der Waals surface area contributed by atoms with Gasteiger partial charge in [-0.1, -0.05) is 40.0 Å². The number of carbonyl (C=O) groups excluding carboxylic acids is 2. The Labute approximate surface area is 215 Å². The summed E-state index contributed by atoms with van der Waals surface area (Å²) >= 11 is 0. The largest absolute Gasteiger partial charge is 0.508 e. The van der Waals surface area contributed by atoms with Crippen LogP contribution in [0.15, 0.2) is 29.1 Å². The van der Waals surface area contributed by atoms with Crippen molar-refractivity contribution in [3.05, 3.63) is 56.9 Å². The number of aromatic nitrogens is 2. The number of phenolic OH excluding ortho intramolecular Hbond substituents is 1. The summed E-state index contributed by atoms with van der Waals surface area (Å²) < 4.78 is 12.9. The number of nitrogens with zero attached hydrogens (tertiary/aromatic N) is 2. The molecule has 0 saturated heterocycles. The van der Waals surface area contributed by atoms with Gasteiger partial charge in [-0.3, -0.25) is 9.59 Å². The maximum atomic E-state index is 13.7. The molecule has 8 nitrogen and oxygen atoms in total. The van der Waals surface area contributed by atoms with Gasteiger partial charge >= 0.3 is 11.9 Å². The number of hydrogen-bond acceptors (Lipinski definition) is 7. The van der Waals surface area contributed by atoms with Crippen molar-refractivity contribution in [3.63, 3.8) is 0 Å². The molecule has 0 unspecified atom stereocenters. The van der Waals surface area contributed by atoms with Gasteiger partial charge in [-0.05, 0) is 49.1 Å². The van der Waals surface area contributed by atoms with Crippen LogP contribution in [0.5, 0.6) is 5.75 Å². The lowest BCUT2D eigenvalue weighted by Gasteiger charge is -2.35. The molecule has 0 bridgehead atoms. The van der Waals surface area contributed by atoms with Crippen LogP contribution >= 0.6 is 0 Å². The molecule has 5 rings (SSSR count). The van der Waals surface area contributed by atoms with Crippen LogP contribution in [0.2, 0.25) is 0 Å². The molecule has 4 heterocycles. The number of unbranched alkanes of at least 4 members (excludes halogenated alkanes) is 3. The number of carbonyl (C=O) groups is 2. The Bertz CT molecular complexity index is 1470. The van der Waals surface area contributed by atoms with Gasteiger partial charge in [0.15, 0.2) is 0 Å². The second-order valence-corrected chi connectivity index (χ2v) is 9.83. The van der Waals surface area contributed by atoms with Crippen molar-refractivity contribution in [3.8, 4) is 17.1 Å². The molecule has 0 saturated carbocycles. The van der Waals surface area contributed by atoms with Gasteiger partial charge in [0.05, 0.1) is 29.0 Å². The van der Waals surface area contributed by atoms with Crippen LogP contribution < -0.4 is 5.56 Å². The molecule has 0 fully saturated rings. The maximum Gasteiger partial charge on any atom is 0.355 e. The first-order valence-electron chi connectivity index (χ1n) is 13.2. The molecule has 2 aromatic heterocycles. The zero-order valence-electron chi connectivity index (χ0n) is 21.6. The molecule has 37 heavy (non-hydrogen) atoms. The fourth-order valence-electron chi connectivity index (χ4n) is 5.65. The Morgan fingerprint density at radius 3 is 2.68 bits per heavy atom. The van der Waals surface area contributed by atoms with Crippen molar-refractivity contribution in [2.45, 2.75) is 84.5 Å². The van der Waals surface area contributed by atoms with Crippen LogP contribution in [0, 0.1) is 0 Å². The summed E-state index contributed by atoms with van der Waals surface area (Å²) in [6.45, 7) is 6.06. The van der Waals surface area contributed by atoms with Crippen LogP contribution in [-0.2, 0) is 44.2 Å². The van der Waals surface area contributed by atoms with Gasteiger partial charge in [0.25, 0.3) is 5.56 Å². The third-order valence-electron chi connectivity index (χ3n) is 7.63. The van der Waals surface area contributed by atoms with Crippen molar-refractivity contribution < 1.29 is 24.2 Å². The van der Waals surface area contributed by atoms with E-state index in [-0.39, 0.29) is 30.8 Å². The van der Waals surface area contributed by atoms with E-state index in [1.165, 1.54) is 0 Å². The van der Waals surface area contributed by atoms with E-state index in [9.17, 15) is 19.5 Å². The second-order valence-electron chi connectivity index (χ2n) is 9.83. The number of benzene rings is 1. The Kier molecular flexibility index (Phi) is 6.52. The molecule has 3 aromatic rings. The van der Waals surface area contributed by atoms with Crippen LogP contribution in [0.3, 0.4) is 0 Å². The quantitative estimate of drug-likeness (QED) is 0.269. The number of cyclic esters (lactones) is 1. The smallest absolute Gasteiger partial charge is 0.355 e. The lowest BCUT2D eigenvalue weighted by molar-refractivity contribution is -0.189. The minimum Gasteiger partial charge on any atom is -0.508 e. The van der Waals surface area contributed by atoms with Crippen LogP contribution in [0.25, 0.3) is 22.3 Å². The molecule has 2 aliphatic heterocycles. The Morgan fingerprint density at radius 2 is 1.95 bits per heavy atom. The predicted molar refractivity (Wildman–Crippen MR) is 138 cm³/mol. The van der Waals surface area contributed by atoms with E-state index in [1.807, 2.05) is 6.92 Å². The van der Waals surface area contributed by atoms with E-state index < -0.39 is 17.5 Å². The van der Waals surface area contributed by atoms with E-state index in [1.54, 1.807) is 35.8 Å². The summed E-state index contributed by atoms with van der Waals surface area (Å²) in [5, 5.41) is 10.9. The van der Waals surface area contributed by atoms with Gasteiger partial charge in [-0.15, -0.1) is 0 Å². The summed E-state index contributed by atoms with van der Waals surface area (Å²) in [5.74, 6) is -0.962. The first-order chi connectivity index (χ1) is 17.8. The third-order valence-corrected chi connectivity index (χ3v) is 7.63. The van der Waals surface area contributed by atoms with E-state index in [4.69, 9.17) is 14.5 Å². The average Bonchev–Trinajstić information content (AvgIpc) is 3.25. The van der Waals surface area contributed by atoms with E-state index >= 15 is 0 Å². The topological polar surface area (TPSA) is 108 Å². The van der Waals surface area contributed by atoms with Crippen molar-refractivity contribution in [2.24, 2.45) is 0 Å². The number of phenols is 1. The molecule has 194 valence electrons. The highest BCUT2D eigenvalue weighted by atomic mass is 16.6. The van der Waals surface area contributed by atoms with Crippen LogP contribution in [0.4, 0.5) is 0 Å².